The number of hydrogen-bond donors (Lipinski definition) is 1. The number of hydrogen-bond acceptors (Lipinski definition) is 4. The number of benzene rings is 2. The van der Waals surface area contributed by atoms with Crippen molar-refractivity contribution in [3.8, 4) is 11.4 Å². The zero-order valence-electron chi connectivity index (χ0n) is 14.6. The van der Waals surface area contributed by atoms with Gasteiger partial charge in [0.1, 0.15) is 11.6 Å². The molecule has 4 rings (SSSR count). The van der Waals surface area contributed by atoms with Crippen molar-refractivity contribution in [3.05, 3.63) is 60.2 Å². The molecule has 1 N–H and O–H groups in total. The van der Waals surface area contributed by atoms with Crippen molar-refractivity contribution in [2.75, 3.05) is 4.72 Å². The Morgan fingerprint density at radius 3 is 2.56 bits per heavy atom. The molecule has 0 atom stereocenters. The summed E-state index contributed by atoms with van der Waals surface area (Å²) < 4.78 is 43.2. The van der Waals surface area contributed by atoms with Gasteiger partial charge in [-0.25, -0.2) is 12.8 Å². The van der Waals surface area contributed by atoms with Gasteiger partial charge in [0.05, 0.1) is 10.6 Å². The van der Waals surface area contributed by atoms with Gasteiger partial charge in [-0.3, -0.25) is 4.72 Å². The molecule has 0 saturated heterocycles. The Bertz CT molecular complexity index is 1060. The summed E-state index contributed by atoms with van der Waals surface area (Å²) in [6, 6.07) is 11.8. The lowest BCUT2D eigenvalue weighted by Crippen LogP contribution is -2.14. The van der Waals surface area contributed by atoms with E-state index in [1.807, 2.05) is 12.1 Å². The van der Waals surface area contributed by atoms with Crippen molar-refractivity contribution < 1.29 is 12.8 Å². The Morgan fingerprint density at radius 2 is 1.74 bits per heavy atom. The van der Waals surface area contributed by atoms with Crippen molar-refractivity contribution in [1.29, 1.82) is 0 Å². The van der Waals surface area contributed by atoms with Gasteiger partial charge < -0.3 is 4.57 Å². The first-order chi connectivity index (χ1) is 13.0. The smallest absolute Gasteiger partial charge is 0.261 e. The van der Waals surface area contributed by atoms with E-state index in [9.17, 15) is 12.8 Å². The Balaban J connectivity index is 1.72. The zero-order chi connectivity index (χ0) is 18.9. The Morgan fingerprint density at radius 1 is 0.963 bits per heavy atom. The number of nitrogens with one attached hydrogen (secondary N) is 1. The van der Waals surface area contributed by atoms with E-state index in [0.29, 0.717) is 17.1 Å². The Labute approximate surface area is 157 Å². The highest BCUT2D eigenvalue weighted by Crippen LogP contribution is 2.30. The fourth-order valence-corrected chi connectivity index (χ4v) is 4.35. The minimum Gasteiger partial charge on any atom is -0.311 e. The summed E-state index contributed by atoms with van der Waals surface area (Å²) in [5.41, 5.74) is 1.09. The molecular weight excluding hydrogens is 367 g/mol. The predicted molar refractivity (Wildman–Crippen MR) is 100 cm³/mol. The summed E-state index contributed by atoms with van der Waals surface area (Å²) in [7, 11) is -3.85. The van der Waals surface area contributed by atoms with Crippen LogP contribution in [0.5, 0.6) is 0 Å². The highest BCUT2D eigenvalue weighted by molar-refractivity contribution is 7.92. The average Bonchev–Trinajstić information content (AvgIpc) is 2.90. The number of sulfonamides is 1. The van der Waals surface area contributed by atoms with E-state index in [2.05, 4.69) is 19.5 Å². The van der Waals surface area contributed by atoms with Crippen molar-refractivity contribution in [1.82, 2.24) is 14.8 Å². The molecule has 3 aromatic rings. The SMILES string of the molecule is O=S(=O)(Nc1ccccc1-c1nnc2n1CCCCC2)c1ccc(F)cc1. The lowest BCUT2D eigenvalue weighted by atomic mass is 10.1. The summed E-state index contributed by atoms with van der Waals surface area (Å²) in [6.07, 6.45) is 4.14. The van der Waals surface area contributed by atoms with Crippen LogP contribution < -0.4 is 4.72 Å². The van der Waals surface area contributed by atoms with Gasteiger partial charge in [0.2, 0.25) is 0 Å². The zero-order valence-corrected chi connectivity index (χ0v) is 15.4. The number of fused-ring (bicyclic) bond motifs is 1. The van der Waals surface area contributed by atoms with E-state index in [4.69, 9.17) is 0 Å². The fraction of sp³-hybridized carbons (Fsp3) is 0.263. The molecule has 0 spiro atoms. The molecule has 140 valence electrons. The summed E-state index contributed by atoms with van der Waals surface area (Å²) in [4.78, 5) is -0.00113. The van der Waals surface area contributed by atoms with Crippen LogP contribution in [0.15, 0.2) is 53.4 Å². The van der Waals surface area contributed by atoms with Crippen molar-refractivity contribution >= 4 is 15.7 Å². The summed E-state index contributed by atoms with van der Waals surface area (Å²) in [5.74, 6) is 1.10. The molecular formula is C19H19FN4O2S. The van der Waals surface area contributed by atoms with Crippen LogP contribution in [0.4, 0.5) is 10.1 Å². The largest absolute Gasteiger partial charge is 0.311 e. The minimum atomic E-state index is -3.85. The molecule has 1 aliphatic heterocycles. The van der Waals surface area contributed by atoms with E-state index >= 15 is 0 Å². The van der Waals surface area contributed by atoms with Crippen molar-refractivity contribution in [2.24, 2.45) is 0 Å². The van der Waals surface area contributed by atoms with Gasteiger partial charge in [-0.2, -0.15) is 0 Å². The maximum Gasteiger partial charge on any atom is 0.261 e. The molecule has 1 aromatic heterocycles. The van der Waals surface area contributed by atoms with E-state index in [0.717, 1.165) is 50.2 Å². The number of nitrogens with zero attached hydrogens (tertiary/aromatic N) is 3. The van der Waals surface area contributed by atoms with Crippen LogP contribution in [-0.2, 0) is 23.0 Å². The monoisotopic (exact) mass is 386 g/mol. The lowest BCUT2D eigenvalue weighted by Gasteiger charge is -2.13. The molecule has 0 bridgehead atoms. The summed E-state index contributed by atoms with van der Waals surface area (Å²) in [5, 5.41) is 8.61. The number of para-hydroxylation sites is 1. The number of aromatic nitrogens is 3. The van der Waals surface area contributed by atoms with Crippen LogP contribution in [0.25, 0.3) is 11.4 Å². The van der Waals surface area contributed by atoms with Gasteiger partial charge in [0.15, 0.2) is 5.82 Å². The molecule has 1 aliphatic rings. The minimum absolute atomic E-state index is 0.00113. The Hall–Kier alpha value is -2.74. The molecule has 0 amide bonds. The Kier molecular flexibility index (Phi) is 4.65. The van der Waals surface area contributed by atoms with Crippen LogP contribution in [0.2, 0.25) is 0 Å². The van der Waals surface area contributed by atoms with E-state index in [1.165, 1.54) is 12.1 Å². The predicted octanol–water partition coefficient (Wildman–Crippen LogP) is 3.61. The topological polar surface area (TPSA) is 76.9 Å². The maximum absolute atomic E-state index is 13.1. The standard InChI is InChI=1S/C19H19FN4O2S/c20-14-9-11-15(12-10-14)27(25,26)23-17-7-4-3-6-16(17)19-22-21-18-8-2-1-5-13-24(18)19/h3-4,6-7,9-12,23H,1-2,5,8,13H2. The molecule has 2 aromatic carbocycles. The third-order valence-electron chi connectivity index (χ3n) is 4.65. The second-order valence-electron chi connectivity index (χ2n) is 6.51. The number of aryl methyl sites for hydroxylation is 1. The summed E-state index contributed by atoms with van der Waals surface area (Å²) in [6.45, 7) is 0.816. The van der Waals surface area contributed by atoms with Gasteiger partial charge >= 0.3 is 0 Å². The molecule has 0 saturated carbocycles. The van der Waals surface area contributed by atoms with Crippen molar-refractivity contribution in [3.63, 3.8) is 0 Å². The molecule has 0 unspecified atom stereocenters. The third kappa shape index (κ3) is 3.57. The molecule has 2 heterocycles. The number of rotatable bonds is 4. The molecule has 8 heteroatoms. The van der Waals surface area contributed by atoms with Crippen LogP contribution in [0.3, 0.4) is 0 Å². The molecule has 27 heavy (non-hydrogen) atoms. The summed E-state index contributed by atoms with van der Waals surface area (Å²) >= 11 is 0. The van der Waals surface area contributed by atoms with E-state index in [1.54, 1.807) is 12.1 Å². The second-order valence-corrected chi connectivity index (χ2v) is 8.19. The fourth-order valence-electron chi connectivity index (χ4n) is 3.27. The third-order valence-corrected chi connectivity index (χ3v) is 6.03. The van der Waals surface area contributed by atoms with Gasteiger partial charge in [-0.1, -0.05) is 18.6 Å². The molecule has 0 aliphatic carbocycles. The van der Waals surface area contributed by atoms with Crippen LogP contribution in [0.1, 0.15) is 25.1 Å². The van der Waals surface area contributed by atoms with Gasteiger partial charge in [0, 0.05) is 18.5 Å². The first kappa shape index (κ1) is 17.7. The quantitative estimate of drug-likeness (QED) is 0.743. The first-order valence-electron chi connectivity index (χ1n) is 8.84. The molecule has 0 radical (unpaired) electrons. The van der Waals surface area contributed by atoms with Crippen LogP contribution in [-0.4, -0.2) is 23.2 Å². The molecule has 0 fully saturated rings. The highest BCUT2D eigenvalue weighted by atomic mass is 32.2. The lowest BCUT2D eigenvalue weighted by molar-refractivity contribution is 0.599. The van der Waals surface area contributed by atoms with E-state index < -0.39 is 15.8 Å². The highest BCUT2D eigenvalue weighted by Gasteiger charge is 2.21. The normalized spacial score (nSPS) is 14.4. The van der Waals surface area contributed by atoms with Crippen LogP contribution >= 0.6 is 0 Å². The maximum atomic E-state index is 13.1. The second kappa shape index (κ2) is 7.11. The van der Waals surface area contributed by atoms with Gasteiger partial charge in [-0.15, -0.1) is 10.2 Å². The number of anilines is 1. The van der Waals surface area contributed by atoms with Gasteiger partial charge in [0.25, 0.3) is 10.0 Å². The van der Waals surface area contributed by atoms with Crippen molar-refractivity contribution in [2.45, 2.75) is 37.1 Å². The van der Waals surface area contributed by atoms with Gasteiger partial charge in [-0.05, 0) is 49.2 Å². The molecule has 6 nitrogen and oxygen atoms in total. The van der Waals surface area contributed by atoms with Crippen LogP contribution in [0, 0.1) is 5.82 Å². The first-order valence-corrected chi connectivity index (χ1v) is 10.3. The number of halogens is 1. The average molecular weight is 386 g/mol. The van der Waals surface area contributed by atoms with E-state index in [-0.39, 0.29) is 4.90 Å².